The number of hydrogen-bond donors (Lipinski definition) is 1. The minimum atomic E-state index is 0.447. The van der Waals surface area contributed by atoms with E-state index in [4.69, 9.17) is 9.15 Å². The van der Waals surface area contributed by atoms with Crippen LogP contribution in [0.5, 0.6) is 0 Å². The van der Waals surface area contributed by atoms with Crippen LogP contribution in [0.4, 0.5) is 5.82 Å². The quantitative estimate of drug-likeness (QED) is 0.851. The predicted octanol–water partition coefficient (Wildman–Crippen LogP) is 2.84. The van der Waals surface area contributed by atoms with Crippen LogP contribution >= 0.6 is 22.6 Å². The Hall–Kier alpha value is -1.15. The number of methoxy groups -OCH3 is 1. The number of halogens is 1. The first kappa shape index (κ1) is 13.3. The number of ether oxygens (including phenoxy) is 1. The largest absolute Gasteiger partial charge is 0.458 e. The molecule has 6 heteroatoms. The van der Waals surface area contributed by atoms with Gasteiger partial charge in [-0.15, -0.1) is 0 Å². The van der Waals surface area contributed by atoms with Crippen molar-refractivity contribution in [1.29, 1.82) is 0 Å². The van der Waals surface area contributed by atoms with E-state index in [1.54, 1.807) is 7.11 Å². The molecule has 0 aliphatic heterocycles. The first-order valence-electron chi connectivity index (χ1n) is 5.45. The summed E-state index contributed by atoms with van der Waals surface area (Å²) in [6, 6.07) is 3.76. The van der Waals surface area contributed by atoms with Crippen LogP contribution in [0.1, 0.15) is 11.5 Å². The number of furan rings is 1. The van der Waals surface area contributed by atoms with E-state index in [0.29, 0.717) is 18.2 Å². The van der Waals surface area contributed by atoms with Crippen molar-refractivity contribution in [2.45, 2.75) is 13.5 Å². The molecular formula is C12H14IN3O2. The summed E-state index contributed by atoms with van der Waals surface area (Å²) >= 11 is 2.21. The zero-order chi connectivity index (χ0) is 13.1. The molecule has 0 fully saturated rings. The number of aryl methyl sites for hydroxylation is 1. The predicted molar refractivity (Wildman–Crippen MR) is 77.4 cm³/mol. The van der Waals surface area contributed by atoms with Gasteiger partial charge in [0.2, 0.25) is 0 Å². The molecule has 0 spiro atoms. The first-order valence-corrected chi connectivity index (χ1v) is 6.53. The van der Waals surface area contributed by atoms with Crippen LogP contribution < -0.4 is 5.32 Å². The fraction of sp³-hybridized carbons (Fsp3) is 0.333. The Balaban J connectivity index is 2.51. The molecule has 2 heterocycles. The Morgan fingerprint density at radius 1 is 1.39 bits per heavy atom. The molecule has 2 rings (SSSR count). The molecule has 2 aromatic rings. The van der Waals surface area contributed by atoms with Gasteiger partial charge in [-0.1, -0.05) is 0 Å². The zero-order valence-electron chi connectivity index (χ0n) is 10.5. The van der Waals surface area contributed by atoms with E-state index in [0.717, 1.165) is 20.8 Å². The molecule has 2 aromatic heterocycles. The van der Waals surface area contributed by atoms with Gasteiger partial charge in [-0.05, 0) is 41.6 Å². The highest BCUT2D eigenvalue weighted by Crippen LogP contribution is 2.25. The van der Waals surface area contributed by atoms with Crippen molar-refractivity contribution in [3.63, 3.8) is 0 Å². The highest BCUT2D eigenvalue weighted by Gasteiger charge is 2.14. The van der Waals surface area contributed by atoms with Crippen LogP contribution in [0.15, 0.2) is 16.5 Å². The molecule has 0 saturated heterocycles. The van der Waals surface area contributed by atoms with E-state index >= 15 is 0 Å². The van der Waals surface area contributed by atoms with Gasteiger partial charge in [-0.3, -0.25) is 0 Å². The van der Waals surface area contributed by atoms with Gasteiger partial charge in [0.25, 0.3) is 0 Å². The van der Waals surface area contributed by atoms with E-state index in [9.17, 15) is 0 Å². The van der Waals surface area contributed by atoms with Gasteiger partial charge in [-0.25, -0.2) is 9.97 Å². The number of nitrogens with zero attached hydrogens (tertiary/aromatic N) is 2. The molecule has 0 aliphatic carbocycles. The third-order valence-electron chi connectivity index (χ3n) is 2.40. The summed E-state index contributed by atoms with van der Waals surface area (Å²) in [6.45, 7) is 2.34. The van der Waals surface area contributed by atoms with Crippen molar-refractivity contribution in [3.05, 3.63) is 27.2 Å². The molecular weight excluding hydrogens is 345 g/mol. The van der Waals surface area contributed by atoms with Crippen molar-refractivity contribution < 1.29 is 9.15 Å². The third kappa shape index (κ3) is 2.64. The summed E-state index contributed by atoms with van der Waals surface area (Å²) in [5.41, 5.74) is 0.849. The normalized spacial score (nSPS) is 10.7. The fourth-order valence-electron chi connectivity index (χ4n) is 1.56. The molecule has 0 bridgehead atoms. The maximum absolute atomic E-state index is 5.55. The second-order valence-electron chi connectivity index (χ2n) is 3.75. The molecule has 0 radical (unpaired) electrons. The van der Waals surface area contributed by atoms with Gasteiger partial charge in [0, 0.05) is 14.2 Å². The SMILES string of the molecule is CNc1nc(-c2ccc(C)o2)nc(COC)c1I. The Morgan fingerprint density at radius 2 is 2.17 bits per heavy atom. The number of rotatable bonds is 4. The van der Waals surface area contributed by atoms with E-state index in [1.807, 2.05) is 26.1 Å². The summed E-state index contributed by atoms with van der Waals surface area (Å²) in [5.74, 6) is 2.85. The Bertz CT molecular complexity index is 554. The third-order valence-corrected chi connectivity index (χ3v) is 3.53. The molecule has 0 saturated carbocycles. The summed E-state index contributed by atoms with van der Waals surface area (Å²) in [6.07, 6.45) is 0. The number of nitrogens with one attached hydrogen (secondary N) is 1. The first-order chi connectivity index (χ1) is 8.65. The molecule has 0 atom stereocenters. The molecule has 5 nitrogen and oxygen atoms in total. The van der Waals surface area contributed by atoms with Gasteiger partial charge in [0.1, 0.15) is 11.6 Å². The second kappa shape index (κ2) is 5.66. The van der Waals surface area contributed by atoms with E-state index in [1.165, 1.54) is 0 Å². The Labute approximate surface area is 119 Å². The van der Waals surface area contributed by atoms with E-state index in [-0.39, 0.29) is 0 Å². The van der Waals surface area contributed by atoms with Crippen LogP contribution in [-0.2, 0) is 11.3 Å². The average Bonchev–Trinajstić information content (AvgIpc) is 2.79. The van der Waals surface area contributed by atoms with Crippen LogP contribution in [0.3, 0.4) is 0 Å². The number of aromatic nitrogens is 2. The number of anilines is 1. The van der Waals surface area contributed by atoms with Crippen molar-refractivity contribution >= 4 is 28.4 Å². The Morgan fingerprint density at radius 3 is 2.72 bits per heavy atom. The zero-order valence-corrected chi connectivity index (χ0v) is 12.6. The maximum atomic E-state index is 5.55. The van der Waals surface area contributed by atoms with Gasteiger partial charge in [0.05, 0.1) is 15.9 Å². The fourth-order valence-corrected chi connectivity index (χ4v) is 2.22. The van der Waals surface area contributed by atoms with E-state index in [2.05, 4.69) is 37.9 Å². The smallest absolute Gasteiger partial charge is 0.198 e. The van der Waals surface area contributed by atoms with Crippen LogP contribution in [0.2, 0.25) is 0 Å². The molecule has 18 heavy (non-hydrogen) atoms. The molecule has 0 aliphatic rings. The summed E-state index contributed by atoms with van der Waals surface area (Å²) in [5, 5.41) is 3.06. The van der Waals surface area contributed by atoms with Crippen molar-refractivity contribution in [2.24, 2.45) is 0 Å². The van der Waals surface area contributed by atoms with E-state index < -0.39 is 0 Å². The lowest BCUT2D eigenvalue weighted by Gasteiger charge is -2.09. The Kier molecular flexibility index (Phi) is 4.18. The van der Waals surface area contributed by atoms with Crippen molar-refractivity contribution in [2.75, 3.05) is 19.5 Å². The minimum Gasteiger partial charge on any atom is -0.458 e. The summed E-state index contributed by atoms with van der Waals surface area (Å²) < 4.78 is 11.7. The standard InChI is InChI=1S/C12H14IN3O2/c1-7-4-5-9(18-7)11-15-8(6-17-3)10(13)12(14-2)16-11/h4-5H,6H2,1-3H3,(H,14,15,16). The number of hydrogen-bond acceptors (Lipinski definition) is 5. The summed E-state index contributed by atoms with van der Waals surface area (Å²) in [7, 11) is 3.48. The topological polar surface area (TPSA) is 60.2 Å². The van der Waals surface area contributed by atoms with Crippen LogP contribution in [0, 0.1) is 10.5 Å². The lowest BCUT2D eigenvalue weighted by Crippen LogP contribution is -2.06. The monoisotopic (exact) mass is 359 g/mol. The van der Waals surface area contributed by atoms with Gasteiger partial charge >= 0.3 is 0 Å². The van der Waals surface area contributed by atoms with Gasteiger partial charge in [-0.2, -0.15) is 0 Å². The minimum absolute atomic E-state index is 0.447. The lowest BCUT2D eigenvalue weighted by atomic mass is 10.3. The lowest BCUT2D eigenvalue weighted by molar-refractivity contribution is 0.181. The molecule has 1 N–H and O–H groups in total. The summed E-state index contributed by atoms with van der Waals surface area (Å²) in [4.78, 5) is 8.92. The van der Waals surface area contributed by atoms with Crippen LogP contribution in [0.25, 0.3) is 11.6 Å². The van der Waals surface area contributed by atoms with Crippen LogP contribution in [-0.4, -0.2) is 24.1 Å². The van der Waals surface area contributed by atoms with Gasteiger partial charge in [0.15, 0.2) is 11.6 Å². The highest BCUT2D eigenvalue weighted by molar-refractivity contribution is 14.1. The average molecular weight is 359 g/mol. The molecule has 96 valence electrons. The molecule has 0 amide bonds. The molecule has 0 unspecified atom stereocenters. The van der Waals surface area contributed by atoms with Gasteiger partial charge < -0.3 is 14.5 Å². The van der Waals surface area contributed by atoms with Crippen molar-refractivity contribution in [1.82, 2.24) is 9.97 Å². The second-order valence-corrected chi connectivity index (χ2v) is 4.83. The van der Waals surface area contributed by atoms with Crippen molar-refractivity contribution in [3.8, 4) is 11.6 Å². The maximum Gasteiger partial charge on any atom is 0.198 e. The molecule has 0 aromatic carbocycles. The highest BCUT2D eigenvalue weighted by atomic mass is 127.